The lowest BCUT2D eigenvalue weighted by molar-refractivity contribution is 1.21. The van der Waals surface area contributed by atoms with Gasteiger partial charge in [0.05, 0.1) is 0 Å². The van der Waals surface area contributed by atoms with E-state index in [1.807, 2.05) is 11.3 Å². The standard InChI is InChI=1S/C26H25NS/c1-18-11-5-6-12-21(18)22-13-7-9-15-24(22)27(4)25-16-10-8-14-23(25)26-19(2)17-28-20(26)3/h5-17H,1-4H3. The predicted molar refractivity (Wildman–Crippen MR) is 124 cm³/mol. The van der Waals surface area contributed by atoms with Gasteiger partial charge in [-0.25, -0.2) is 0 Å². The van der Waals surface area contributed by atoms with Crippen molar-refractivity contribution in [2.24, 2.45) is 0 Å². The summed E-state index contributed by atoms with van der Waals surface area (Å²) in [4.78, 5) is 3.69. The first-order chi connectivity index (χ1) is 13.6. The van der Waals surface area contributed by atoms with E-state index in [2.05, 4.69) is 111 Å². The minimum atomic E-state index is 1.22. The topological polar surface area (TPSA) is 3.24 Å². The van der Waals surface area contributed by atoms with Gasteiger partial charge in [0.25, 0.3) is 0 Å². The summed E-state index contributed by atoms with van der Waals surface area (Å²) < 4.78 is 0. The average molecular weight is 384 g/mol. The predicted octanol–water partition coefficient (Wildman–Crippen LogP) is 7.78. The molecule has 1 nitrogen and oxygen atoms in total. The van der Waals surface area contributed by atoms with Crippen LogP contribution in [0.4, 0.5) is 11.4 Å². The Kier molecular flexibility index (Phi) is 5.06. The van der Waals surface area contributed by atoms with Crippen LogP contribution in [0.3, 0.4) is 0 Å². The van der Waals surface area contributed by atoms with E-state index in [-0.39, 0.29) is 0 Å². The summed E-state index contributed by atoms with van der Waals surface area (Å²) in [5.41, 5.74) is 10.3. The van der Waals surface area contributed by atoms with Crippen molar-refractivity contribution in [2.45, 2.75) is 20.8 Å². The molecule has 0 aliphatic rings. The molecule has 0 bridgehead atoms. The van der Waals surface area contributed by atoms with Crippen LogP contribution in [0, 0.1) is 20.8 Å². The molecule has 0 spiro atoms. The van der Waals surface area contributed by atoms with Crippen molar-refractivity contribution in [3.63, 3.8) is 0 Å². The molecular formula is C26H25NS. The number of benzene rings is 3. The van der Waals surface area contributed by atoms with Gasteiger partial charge in [0.1, 0.15) is 0 Å². The number of rotatable bonds is 4. The van der Waals surface area contributed by atoms with E-state index in [0.29, 0.717) is 0 Å². The van der Waals surface area contributed by atoms with Gasteiger partial charge >= 0.3 is 0 Å². The molecule has 0 atom stereocenters. The van der Waals surface area contributed by atoms with Gasteiger partial charge in [-0.15, -0.1) is 11.3 Å². The molecule has 2 heteroatoms. The molecule has 1 heterocycles. The first-order valence-corrected chi connectivity index (χ1v) is 10.5. The number of thiophene rings is 1. The minimum Gasteiger partial charge on any atom is -0.344 e. The number of para-hydroxylation sites is 2. The van der Waals surface area contributed by atoms with Gasteiger partial charge in [-0.1, -0.05) is 60.7 Å². The summed E-state index contributed by atoms with van der Waals surface area (Å²) >= 11 is 1.83. The van der Waals surface area contributed by atoms with Crippen LogP contribution in [0.5, 0.6) is 0 Å². The maximum Gasteiger partial charge on any atom is 0.0488 e. The van der Waals surface area contributed by atoms with Crippen LogP contribution in [0.25, 0.3) is 22.3 Å². The average Bonchev–Trinajstić information content (AvgIpc) is 3.06. The van der Waals surface area contributed by atoms with Gasteiger partial charge in [0.2, 0.25) is 0 Å². The van der Waals surface area contributed by atoms with E-state index in [1.54, 1.807) is 0 Å². The highest BCUT2D eigenvalue weighted by Crippen LogP contribution is 2.42. The smallest absolute Gasteiger partial charge is 0.0488 e. The maximum atomic E-state index is 2.33. The monoisotopic (exact) mass is 383 g/mol. The van der Waals surface area contributed by atoms with E-state index in [1.165, 1.54) is 49.6 Å². The number of aryl methyl sites for hydroxylation is 3. The van der Waals surface area contributed by atoms with Gasteiger partial charge < -0.3 is 4.90 Å². The zero-order valence-electron chi connectivity index (χ0n) is 16.9. The van der Waals surface area contributed by atoms with Crippen molar-refractivity contribution >= 4 is 22.7 Å². The van der Waals surface area contributed by atoms with Crippen molar-refractivity contribution in [3.05, 3.63) is 94.2 Å². The fourth-order valence-electron chi connectivity index (χ4n) is 3.95. The zero-order valence-corrected chi connectivity index (χ0v) is 17.7. The lowest BCUT2D eigenvalue weighted by atomic mass is 9.97. The molecule has 0 aliphatic heterocycles. The molecule has 3 aromatic carbocycles. The minimum absolute atomic E-state index is 1.22. The van der Waals surface area contributed by atoms with Crippen molar-refractivity contribution < 1.29 is 0 Å². The Balaban J connectivity index is 1.88. The third-order valence-corrected chi connectivity index (χ3v) is 6.42. The van der Waals surface area contributed by atoms with Crippen molar-refractivity contribution in [1.29, 1.82) is 0 Å². The van der Waals surface area contributed by atoms with Gasteiger partial charge in [0, 0.05) is 40.0 Å². The third kappa shape index (κ3) is 3.25. The van der Waals surface area contributed by atoms with E-state index in [9.17, 15) is 0 Å². The molecule has 28 heavy (non-hydrogen) atoms. The Morgan fingerprint density at radius 2 is 1.14 bits per heavy atom. The lowest BCUT2D eigenvalue weighted by Crippen LogP contribution is -2.12. The first kappa shape index (κ1) is 18.5. The first-order valence-electron chi connectivity index (χ1n) is 9.60. The summed E-state index contributed by atoms with van der Waals surface area (Å²) in [6.45, 7) is 6.60. The van der Waals surface area contributed by atoms with Crippen molar-refractivity contribution in [2.75, 3.05) is 11.9 Å². The number of hydrogen-bond donors (Lipinski definition) is 0. The summed E-state index contributed by atoms with van der Waals surface area (Å²) in [5, 5.41) is 2.25. The van der Waals surface area contributed by atoms with Gasteiger partial charge in [0.15, 0.2) is 0 Å². The van der Waals surface area contributed by atoms with Crippen LogP contribution in [0.15, 0.2) is 78.2 Å². The van der Waals surface area contributed by atoms with E-state index in [4.69, 9.17) is 0 Å². The fraction of sp³-hybridized carbons (Fsp3) is 0.154. The Hall–Kier alpha value is -2.84. The third-order valence-electron chi connectivity index (χ3n) is 5.39. The van der Waals surface area contributed by atoms with E-state index in [0.717, 1.165) is 0 Å². The number of anilines is 2. The lowest BCUT2D eigenvalue weighted by Gasteiger charge is -2.26. The van der Waals surface area contributed by atoms with Gasteiger partial charge in [-0.05, 0) is 55.0 Å². The van der Waals surface area contributed by atoms with Gasteiger partial charge in [-0.3, -0.25) is 0 Å². The van der Waals surface area contributed by atoms with Crippen molar-refractivity contribution in [1.82, 2.24) is 0 Å². The molecule has 140 valence electrons. The Labute approximate surface area is 171 Å². The highest BCUT2D eigenvalue weighted by Gasteiger charge is 2.17. The van der Waals surface area contributed by atoms with E-state index < -0.39 is 0 Å². The van der Waals surface area contributed by atoms with Crippen LogP contribution in [-0.4, -0.2) is 7.05 Å². The quantitative estimate of drug-likeness (QED) is 0.348. The molecule has 0 radical (unpaired) electrons. The highest BCUT2D eigenvalue weighted by atomic mass is 32.1. The maximum absolute atomic E-state index is 2.33. The van der Waals surface area contributed by atoms with E-state index >= 15 is 0 Å². The molecule has 0 aliphatic carbocycles. The molecule has 0 N–H and O–H groups in total. The molecule has 1 aromatic heterocycles. The molecular weight excluding hydrogens is 358 g/mol. The molecule has 0 fully saturated rings. The second kappa shape index (κ2) is 7.65. The largest absolute Gasteiger partial charge is 0.344 e. The van der Waals surface area contributed by atoms with Crippen LogP contribution in [0.2, 0.25) is 0 Å². The normalized spacial score (nSPS) is 10.9. The summed E-state index contributed by atoms with van der Waals surface area (Å²) in [6.07, 6.45) is 0. The molecule has 4 aromatic rings. The highest BCUT2D eigenvalue weighted by molar-refractivity contribution is 7.10. The second-order valence-electron chi connectivity index (χ2n) is 7.26. The Morgan fingerprint density at radius 1 is 0.607 bits per heavy atom. The molecule has 0 amide bonds. The molecule has 0 saturated carbocycles. The number of nitrogens with zero attached hydrogens (tertiary/aromatic N) is 1. The number of hydrogen-bond acceptors (Lipinski definition) is 2. The summed E-state index contributed by atoms with van der Waals surface area (Å²) in [5.74, 6) is 0. The molecule has 4 rings (SSSR count). The zero-order chi connectivity index (χ0) is 19.7. The molecule has 0 unspecified atom stereocenters. The van der Waals surface area contributed by atoms with Crippen molar-refractivity contribution in [3.8, 4) is 22.3 Å². The van der Waals surface area contributed by atoms with Crippen LogP contribution in [0.1, 0.15) is 16.0 Å². The fourth-order valence-corrected chi connectivity index (χ4v) is 4.81. The Bertz CT molecular complexity index is 1100. The summed E-state index contributed by atoms with van der Waals surface area (Å²) in [7, 11) is 2.17. The van der Waals surface area contributed by atoms with Crippen LogP contribution in [-0.2, 0) is 0 Å². The SMILES string of the molecule is Cc1ccccc1-c1ccccc1N(C)c1ccccc1-c1c(C)csc1C. The van der Waals surface area contributed by atoms with Gasteiger partial charge in [-0.2, -0.15) is 0 Å². The van der Waals surface area contributed by atoms with Crippen LogP contribution >= 0.6 is 11.3 Å². The molecule has 0 saturated heterocycles. The second-order valence-corrected chi connectivity index (χ2v) is 8.34. The Morgan fingerprint density at radius 3 is 1.75 bits per heavy atom. The summed E-state index contributed by atoms with van der Waals surface area (Å²) in [6, 6.07) is 26.0. The van der Waals surface area contributed by atoms with Crippen LogP contribution < -0.4 is 4.90 Å².